The first-order chi connectivity index (χ1) is 24.6. The van der Waals surface area contributed by atoms with Crippen molar-refractivity contribution in [3.05, 3.63) is 71.8 Å². The Morgan fingerprint density at radius 2 is 1.10 bits per heavy atom. The van der Waals surface area contributed by atoms with E-state index in [2.05, 4.69) is 32.3 Å². The van der Waals surface area contributed by atoms with E-state index in [4.69, 9.17) is 5.73 Å². The molecule has 0 spiro atoms. The number of benzene rings is 2. The lowest BCUT2D eigenvalue weighted by Crippen LogP contribution is -2.60. The molecule has 14 nitrogen and oxygen atoms in total. The number of hydrogen-bond acceptors (Lipinski definition) is 7. The molecule has 14 heteroatoms. The molecule has 0 aliphatic rings. The molecule has 0 aliphatic carbocycles. The van der Waals surface area contributed by atoms with Gasteiger partial charge in [-0.1, -0.05) is 88.4 Å². The maximum atomic E-state index is 14.0. The highest BCUT2D eigenvalue weighted by Gasteiger charge is 2.34. The number of carbonyl (C=O) groups is 6. The molecular weight excluding hydrogens is 666 g/mol. The zero-order valence-electron chi connectivity index (χ0n) is 31.0. The van der Waals surface area contributed by atoms with Crippen LogP contribution < -0.4 is 38.1 Å². The SMILES string of the molecule is CC(C)C[C@H](NC(=O)[C@@H](N)CCCC[NH3+])C(=O)N[C@H](C(=O)N[C@@H](Cc1ccccc1)C(=O)N[C@@H](Cc1ccccc1)C(=O)N[C@@H](C)C(=O)O)C(C)C. The fourth-order valence-electron chi connectivity index (χ4n) is 5.47. The zero-order chi connectivity index (χ0) is 38.8. The molecule has 2 rings (SSSR count). The number of carbonyl (C=O) groups excluding carboxylic acids is 5. The Kier molecular flexibility index (Phi) is 18.5. The second-order valence-electron chi connectivity index (χ2n) is 13.9. The van der Waals surface area contributed by atoms with Crippen molar-refractivity contribution in [2.75, 3.05) is 6.54 Å². The third kappa shape index (κ3) is 15.2. The summed E-state index contributed by atoms with van der Waals surface area (Å²) in [5.41, 5.74) is 11.3. The lowest BCUT2D eigenvalue weighted by molar-refractivity contribution is -0.368. The predicted octanol–water partition coefficient (Wildman–Crippen LogP) is 0.442. The van der Waals surface area contributed by atoms with Crippen molar-refractivity contribution < 1.29 is 39.6 Å². The second kappa shape index (κ2) is 22.2. The van der Waals surface area contributed by atoms with Gasteiger partial charge in [0.1, 0.15) is 30.2 Å². The highest BCUT2D eigenvalue weighted by molar-refractivity contribution is 5.96. The molecule has 0 aromatic heterocycles. The Hall–Kier alpha value is -4.82. The van der Waals surface area contributed by atoms with Gasteiger partial charge in [0.2, 0.25) is 29.5 Å². The van der Waals surface area contributed by atoms with Gasteiger partial charge in [-0.05, 0) is 55.6 Å². The average molecular weight is 725 g/mol. The Balaban J connectivity index is 2.33. The summed E-state index contributed by atoms with van der Waals surface area (Å²) in [6.07, 6.45) is 2.43. The Morgan fingerprint density at radius 3 is 1.56 bits per heavy atom. The highest BCUT2D eigenvalue weighted by atomic mass is 16.4. The van der Waals surface area contributed by atoms with Crippen LogP contribution in [0.2, 0.25) is 0 Å². The first-order valence-electron chi connectivity index (χ1n) is 18.0. The van der Waals surface area contributed by atoms with Gasteiger partial charge >= 0.3 is 5.97 Å². The van der Waals surface area contributed by atoms with E-state index in [0.29, 0.717) is 12.8 Å². The van der Waals surface area contributed by atoms with E-state index in [-0.39, 0.29) is 18.8 Å². The predicted molar refractivity (Wildman–Crippen MR) is 197 cm³/mol. The van der Waals surface area contributed by atoms with Gasteiger partial charge in [0.15, 0.2) is 0 Å². The number of unbranched alkanes of at least 4 members (excludes halogenated alkanes) is 1. The Labute approximate surface area is 306 Å². The standard InChI is InChI=1S/C38H57N7O7/c1-23(2)20-29(42-33(46)28(40)18-12-13-19-39)36(49)45-32(24(3)4)37(50)44-31(22-27-16-10-7-11-17-27)35(48)43-30(21-26-14-8-6-9-15-26)34(47)41-25(5)38(51)52/h6-11,14-17,23-25,28-32H,12-13,18-22,39-40H2,1-5H3,(H,41,47)(H,42,46)(H,43,48)(H,44,50)(H,45,49)(H,51,52)/p+1/t25-,28-,29-,30-,31-,32-/m0/s1. The summed E-state index contributed by atoms with van der Waals surface area (Å²) >= 11 is 0. The summed E-state index contributed by atoms with van der Waals surface area (Å²) in [6.45, 7) is 9.36. The molecule has 52 heavy (non-hydrogen) atoms. The van der Waals surface area contributed by atoms with Crippen LogP contribution in [0, 0.1) is 11.8 Å². The van der Waals surface area contributed by atoms with Crippen LogP contribution in [0.3, 0.4) is 0 Å². The molecule has 2 aromatic carbocycles. The normalized spacial score (nSPS) is 14.6. The van der Waals surface area contributed by atoms with Gasteiger partial charge in [0, 0.05) is 12.8 Å². The van der Waals surface area contributed by atoms with Crippen LogP contribution in [0.4, 0.5) is 0 Å². The van der Waals surface area contributed by atoms with Gasteiger partial charge in [-0.2, -0.15) is 0 Å². The highest BCUT2D eigenvalue weighted by Crippen LogP contribution is 2.12. The lowest BCUT2D eigenvalue weighted by Gasteiger charge is -2.29. The first-order valence-corrected chi connectivity index (χ1v) is 18.0. The third-order valence-corrected chi connectivity index (χ3v) is 8.50. The van der Waals surface area contributed by atoms with Crippen molar-refractivity contribution in [2.45, 2.75) is 109 Å². The number of carboxylic acid groups (broad SMARTS) is 1. The molecule has 286 valence electrons. The number of quaternary nitrogens is 1. The van der Waals surface area contributed by atoms with E-state index >= 15 is 0 Å². The Morgan fingerprint density at radius 1 is 0.635 bits per heavy atom. The number of nitrogens with one attached hydrogen (secondary N) is 5. The van der Waals surface area contributed by atoms with Crippen molar-refractivity contribution in [2.24, 2.45) is 17.6 Å². The van der Waals surface area contributed by atoms with E-state index < -0.39 is 77.7 Å². The number of carboxylic acids is 1. The first kappa shape index (κ1) is 43.3. The van der Waals surface area contributed by atoms with Gasteiger partial charge in [-0.3, -0.25) is 28.8 Å². The van der Waals surface area contributed by atoms with E-state index in [9.17, 15) is 33.9 Å². The van der Waals surface area contributed by atoms with Crippen LogP contribution in [0.25, 0.3) is 0 Å². The molecular formula is C38H58N7O7+. The number of hydrogen-bond donors (Lipinski definition) is 8. The second-order valence-corrected chi connectivity index (χ2v) is 13.9. The van der Waals surface area contributed by atoms with Gasteiger partial charge in [0.05, 0.1) is 12.6 Å². The quantitative estimate of drug-likeness (QED) is 0.0792. The van der Waals surface area contributed by atoms with Crippen LogP contribution in [0.1, 0.15) is 71.4 Å². The molecule has 0 aliphatic heterocycles. The summed E-state index contributed by atoms with van der Waals surface area (Å²) in [7, 11) is 0. The average Bonchev–Trinajstić information content (AvgIpc) is 3.09. The molecule has 5 amide bonds. The van der Waals surface area contributed by atoms with Crippen molar-refractivity contribution in [3.8, 4) is 0 Å². The molecule has 2 aromatic rings. The number of aliphatic carboxylic acids is 1. The van der Waals surface area contributed by atoms with Gasteiger partial charge < -0.3 is 43.2 Å². The van der Waals surface area contributed by atoms with Crippen LogP contribution in [-0.4, -0.2) is 83.4 Å². The maximum absolute atomic E-state index is 14.0. The topological polar surface area (TPSA) is 236 Å². The van der Waals surface area contributed by atoms with Crippen LogP contribution in [-0.2, 0) is 41.6 Å². The molecule has 0 unspecified atom stereocenters. The van der Waals surface area contributed by atoms with E-state index in [1.807, 2.05) is 19.9 Å². The van der Waals surface area contributed by atoms with Crippen molar-refractivity contribution in [1.29, 1.82) is 0 Å². The van der Waals surface area contributed by atoms with Gasteiger partial charge in [-0.15, -0.1) is 0 Å². The minimum Gasteiger partial charge on any atom is -0.480 e. The molecule has 0 bridgehead atoms. The molecule has 6 atom stereocenters. The smallest absolute Gasteiger partial charge is 0.325 e. The summed E-state index contributed by atoms with van der Waals surface area (Å²) in [4.78, 5) is 79.2. The monoisotopic (exact) mass is 724 g/mol. The zero-order valence-corrected chi connectivity index (χ0v) is 31.0. The molecule has 0 heterocycles. The summed E-state index contributed by atoms with van der Waals surface area (Å²) < 4.78 is 0. The summed E-state index contributed by atoms with van der Waals surface area (Å²) in [5, 5.41) is 22.8. The Bertz CT molecular complexity index is 1460. The van der Waals surface area contributed by atoms with Crippen molar-refractivity contribution in [1.82, 2.24) is 26.6 Å². The van der Waals surface area contributed by atoms with E-state index in [1.54, 1.807) is 68.4 Å². The third-order valence-electron chi connectivity index (χ3n) is 8.50. The van der Waals surface area contributed by atoms with Crippen LogP contribution in [0.15, 0.2) is 60.7 Å². The molecule has 0 saturated carbocycles. The number of nitrogens with two attached hydrogens (primary N) is 1. The largest absolute Gasteiger partial charge is 0.480 e. The fraction of sp³-hybridized carbons (Fsp3) is 0.526. The van der Waals surface area contributed by atoms with E-state index in [1.165, 1.54) is 6.92 Å². The van der Waals surface area contributed by atoms with Gasteiger partial charge in [-0.25, -0.2) is 0 Å². The van der Waals surface area contributed by atoms with Crippen LogP contribution >= 0.6 is 0 Å². The molecule has 0 radical (unpaired) electrons. The van der Waals surface area contributed by atoms with Crippen LogP contribution in [0.5, 0.6) is 0 Å². The van der Waals surface area contributed by atoms with Gasteiger partial charge in [0.25, 0.3) is 0 Å². The summed E-state index contributed by atoms with van der Waals surface area (Å²) in [5.74, 6) is -4.66. The van der Waals surface area contributed by atoms with Crippen molar-refractivity contribution in [3.63, 3.8) is 0 Å². The minimum atomic E-state index is -1.24. The van der Waals surface area contributed by atoms with E-state index in [0.717, 1.165) is 30.5 Å². The molecule has 0 saturated heterocycles. The molecule has 0 fully saturated rings. The summed E-state index contributed by atoms with van der Waals surface area (Å²) in [6, 6.07) is 11.5. The fourth-order valence-corrected chi connectivity index (χ4v) is 5.47. The van der Waals surface area contributed by atoms with Crippen molar-refractivity contribution >= 4 is 35.5 Å². The molecule has 11 N–H and O–H groups in total. The maximum Gasteiger partial charge on any atom is 0.325 e. The minimum absolute atomic E-state index is 0.0308. The number of rotatable bonds is 22. The lowest BCUT2D eigenvalue weighted by atomic mass is 9.98. The number of amides is 5.